The lowest BCUT2D eigenvalue weighted by atomic mass is 9.59. The molecule has 0 spiro atoms. The van der Waals surface area contributed by atoms with Gasteiger partial charge in [0.15, 0.2) is 17.2 Å². The summed E-state index contributed by atoms with van der Waals surface area (Å²) in [6.07, 6.45) is -1.83. The van der Waals surface area contributed by atoms with Crippen molar-refractivity contribution in [3.05, 3.63) is 46.2 Å². The van der Waals surface area contributed by atoms with Crippen molar-refractivity contribution in [1.82, 2.24) is 0 Å². The van der Waals surface area contributed by atoms with Crippen LogP contribution < -0.4 is 0 Å². The van der Waals surface area contributed by atoms with Crippen molar-refractivity contribution in [2.45, 2.75) is 43.0 Å². The number of fused-ring (bicyclic) bond motifs is 5. The molecule has 1 aromatic carbocycles. The van der Waals surface area contributed by atoms with Crippen molar-refractivity contribution in [3.8, 4) is 0 Å². The molecule has 136 valence electrons. The van der Waals surface area contributed by atoms with E-state index in [-0.39, 0.29) is 17.8 Å². The van der Waals surface area contributed by atoms with Crippen LogP contribution in [-0.2, 0) is 21.4 Å². The minimum absolute atomic E-state index is 0.0908. The molecule has 1 fully saturated rings. The minimum atomic E-state index is -2.43. The van der Waals surface area contributed by atoms with Crippen LogP contribution in [0.4, 0.5) is 0 Å². The first-order chi connectivity index (χ1) is 12.2. The molecule has 3 aliphatic carbocycles. The normalized spacial score (nSPS) is 37.1. The van der Waals surface area contributed by atoms with Gasteiger partial charge in [-0.25, -0.2) is 0 Å². The fourth-order valence-corrected chi connectivity index (χ4v) is 4.79. The second-order valence-corrected chi connectivity index (χ2v) is 7.19. The smallest absolute Gasteiger partial charge is 0.200 e. The van der Waals surface area contributed by atoms with E-state index >= 15 is 0 Å². The van der Waals surface area contributed by atoms with Gasteiger partial charge >= 0.3 is 0 Å². The van der Waals surface area contributed by atoms with Crippen molar-refractivity contribution in [2.24, 2.45) is 0 Å². The molecule has 0 heterocycles. The number of Topliss-reactive ketones (excluding diaryl/α,β-unsaturated/α-hetero) is 3. The van der Waals surface area contributed by atoms with Gasteiger partial charge in [-0.15, -0.1) is 0 Å². The standard InChI is InChI=1S/C19H18O7/c1-18-10-5-3-8-9(4-6-12(8)21)13(10)16(23)19(18,25)11(7-20)14(22)15(26-2)17(18)24/h3,5,7,15,17,20,24-25H,4,6H2,1-2H3. The fraction of sp³-hybridized carbons (Fsp3) is 0.421. The highest BCUT2D eigenvalue weighted by molar-refractivity contribution is 6.21. The molecule has 4 atom stereocenters. The van der Waals surface area contributed by atoms with E-state index in [2.05, 4.69) is 0 Å². The molecule has 0 amide bonds. The topological polar surface area (TPSA) is 121 Å². The van der Waals surface area contributed by atoms with Gasteiger partial charge in [0.2, 0.25) is 5.78 Å². The monoisotopic (exact) mass is 358 g/mol. The summed E-state index contributed by atoms with van der Waals surface area (Å²) in [5.74, 6) is -1.73. The molecule has 7 nitrogen and oxygen atoms in total. The second-order valence-electron chi connectivity index (χ2n) is 7.19. The number of methoxy groups -OCH3 is 1. The van der Waals surface area contributed by atoms with E-state index in [1.165, 1.54) is 20.1 Å². The molecule has 26 heavy (non-hydrogen) atoms. The highest BCUT2D eigenvalue weighted by Crippen LogP contribution is 2.56. The van der Waals surface area contributed by atoms with Gasteiger partial charge in [0.05, 0.1) is 17.3 Å². The zero-order valence-electron chi connectivity index (χ0n) is 14.3. The Hall–Kier alpha value is -2.35. The Kier molecular flexibility index (Phi) is 3.35. The molecule has 0 aliphatic heterocycles. The quantitative estimate of drug-likeness (QED) is 0.491. The van der Waals surface area contributed by atoms with Gasteiger partial charge in [0.1, 0.15) is 12.2 Å². The molecule has 0 saturated heterocycles. The van der Waals surface area contributed by atoms with Gasteiger partial charge in [-0.2, -0.15) is 0 Å². The van der Waals surface area contributed by atoms with E-state index in [0.717, 1.165) is 0 Å². The minimum Gasteiger partial charge on any atom is -0.515 e. The Morgan fingerprint density at radius 1 is 1.23 bits per heavy atom. The Morgan fingerprint density at radius 2 is 1.92 bits per heavy atom. The van der Waals surface area contributed by atoms with Crippen LogP contribution in [0.15, 0.2) is 24.0 Å². The van der Waals surface area contributed by atoms with Crippen molar-refractivity contribution in [3.63, 3.8) is 0 Å². The van der Waals surface area contributed by atoms with Gasteiger partial charge in [-0.3, -0.25) is 14.4 Å². The van der Waals surface area contributed by atoms with Gasteiger partial charge < -0.3 is 20.1 Å². The number of ether oxygens (including phenoxy) is 1. The van der Waals surface area contributed by atoms with E-state index in [4.69, 9.17) is 4.74 Å². The summed E-state index contributed by atoms with van der Waals surface area (Å²) in [7, 11) is 1.23. The summed E-state index contributed by atoms with van der Waals surface area (Å²) in [5, 5.41) is 31.9. The number of ketones is 3. The van der Waals surface area contributed by atoms with E-state index in [9.17, 15) is 29.7 Å². The lowest BCUT2D eigenvalue weighted by molar-refractivity contribution is -0.155. The molecule has 3 aliphatic rings. The van der Waals surface area contributed by atoms with Crippen LogP contribution in [0.5, 0.6) is 0 Å². The molecular formula is C19H18O7. The first-order valence-corrected chi connectivity index (χ1v) is 8.31. The summed E-state index contributed by atoms with van der Waals surface area (Å²) < 4.78 is 5.10. The number of rotatable bonds is 1. The molecule has 1 saturated carbocycles. The van der Waals surface area contributed by atoms with E-state index in [1.54, 1.807) is 6.07 Å². The van der Waals surface area contributed by atoms with Crippen LogP contribution >= 0.6 is 0 Å². The van der Waals surface area contributed by atoms with Crippen molar-refractivity contribution < 1.29 is 34.4 Å². The largest absolute Gasteiger partial charge is 0.515 e. The molecule has 4 rings (SSSR count). The van der Waals surface area contributed by atoms with E-state index in [1.807, 2.05) is 0 Å². The fourth-order valence-electron chi connectivity index (χ4n) is 4.79. The van der Waals surface area contributed by atoms with Gasteiger partial charge in [-0.05, 0) is 24.5 Å². The average Bonchev–Trinajstić information content (AvgIpc) is 3.07. The van der Waals surface area contributed by atoms with Crippen LogP contribution in [-0.4, -0.2) is 57.6 Å². The SMILES string of the molecule is COC1C(=O)C(=CO)C2(O)C(=O)c3c(ccc4c3CCC4=O)C2(C)C1O. The molecule has 0 aromatic heterocycles. The summed E-state index contributed by atoms with van der Waals surface area (Å²) in [6.45, 7) is 1.46. The average molecular weight is 358 g/mol. The lowest BCUT2D eigenvalue weighted by Gasteiger charge is -2.48. The Labute approximate surface area is 148 Å². The van der Waals surface area contributed by atoms with E-state index < -0.39 is 40.4 Å². The molecular weight excluding hydrogens is 340 g/mol. The first kappa shape index (κ1) is 17.1. The van der Waals surface area contributed by atoms with Gasteiger partial charge in [-0.1, -0.05) is 12.1 Å². The van der Waals surface area contributed by atoms with Crippen LogP contribution in [0.1, 0.15) is 45.2 Å². The van der Waals surface area contributed by atoms with Gasteiger partial charge in [0, 0.05) is 24.7 Å². The van der Waals surface area contributed by atoms with Crippen molar-refractivity contribution >= 4 is 17.3 Å². The predicted octanol–water partition coefficient (Wildman–Crippen LogP) is 0.401. The number of aliphatic hydroxyl groups excluding tert-OH is 2. The number of carbonyl (C=O) groups is 3. The summed E-state index contributed by atoms with van der Waals surface area (Å²) in [5.41, 5.74) is -3.12. The number of aliphatic hydroxyl groups is 3. The third kappa shape index (κ3) is 1.57. The maximum absolute atomic E-state index is 13.3. The number of hydrogen-bond acceptors (Lipinski definition) is 7. The second kappa shape index (κ2) is 5.09. The summed E-state index contributed by atoms with van der Waals surface area (Å²) in [4.78, 5) is 37.9. The Balaban J connectivity index is 2.07. The maximum Gasteiger partial charge on any atom is 0.200 e. The third-order valence-corrected chi connectivity index (χ3v) is 6.26. The number of hydrogen-bond donors (Lipinski definition) is 3. The van der Waals surface area contributed by atoms with E-state index in [0.29, 0.717) is 29.4 Å². The Bertz CT molecular complexity index is 915. The number of benzene rings is 1. The van der Waals surface area contributed by atoms with Crippen LogP contribution in [0.3, 0.4) is 0 Å². The van der Waals surface area contributed by atoms with Gasteiger partial charge in [0.25, 0.3) is 0 Å². The highest BCUT2D eigenvalue weighted by atomic mass is 16.5. The molecule has 7 heteroatoms. The van der Waals surface area contributed by atoms with Crippen molar-refractivity contribution in [2.75, 3.05) is 7.11 Å². The molecule has 0 radical (unpaired) electrons. The highest BCUT2D eigenvalue weighted by Gasteiger charge is 2.72. The Morgan fingerprint density at radius 3 is 2.54 bits per heavy atom. The van der Waals surface area contributed by atoms with Crippen molar-refractivity contribution in [1.29, 1.82) is 0 Å². The lowest BCUT2D eigenvalue weighted by Crippen LogP contribution is -2.68. The molecule has 1 aromatic rings. The predicted molar refractivity (Wildman–Crippen MR) is 88.2 cm³/mol. The van der Waals surface area contributed by atoms with Crippen LogP contribution in [0.2, 0.25) is 0 Å². The zero-order chi connectivity index (χ0) is 19.0. The first-order valence-electron chi connectivity index (χ1n) is 8.31. The third-order valence-electron chi connectivity index (χ3n) is 6.26. The molecule has 4 unspecified atom stereocenters. The molecule has 0 bridgehead atoms. The summed E-state index contributed by atoms with van der Waals surface area (Å²) in [6, 6.07) is 3.12. The number of carbonyl (C=O) groups excluding carboxylic acids is 3. The summed E-state index contributed by atoms with van der Waals surface area (Å²) >= 11 is 0. The zero-order valence-corrected chi connectivity index (χ0v) is 14.3. The van der Waals surface area contributed by atoms with Crippen LogP contribution in [0.25, 0.3) is 0 Å². The maximum atomic E-state index is 13.3. The molecule has 3 N–H and O–H groups in total. The van der Waals surface area contributed by atoms with Crippen LogP contribution in [0, 0.1) is 0 Å².